The molecule has 2 aliphatic rings. The van der Waals surface area contributed by atoms with Crippen LogP contribution in [0.5, 0.6) is 0 Å². The Balaban J connectivity index is 1.62. The molecule has 1 saturated carbocycles. The van der Waals surface area contributed by atoms with Crippen LogP contribution in [0.15, 0.2) is 54.6 Å². The van der Waals surface area contributed by atoms with Gasteiger partial charge >= 0.3 is 6.03 Å². The van der Waals surface area contributed by atoms with Crippen LogP contribution in [0.3, 0.4) is 0 Å². The van der Waals surface area contributed by atoms with Crippen LogP contribution in [-0.4, -0.2) is 40.8 Å². The largest absolute Gasteiger partial charge is 0.394 e. The molecule has 144 valence electrons. The fourth-order valence-corrected chi connectivity index (χ4v) is 4.65. The fourth-order valence-electron chi connectivity index (χ4n) is 4.65. The van der Waals surface area contributed by atoms with E-state index in [0.717, 1.165) is 42.4 Å². The smallest absolute Gasteiger partial charge is 0.319 e. The van der Waals surface area contributed by atoms with Gasteiger partial charge in [-0.3, -0.25) is 0 Å². The molecule has 0 spiro atoms. The van der Waals surface area contributed by atoms with Crippen molar-refractivity contribution in [1.29, 1.82) is 5.26 Å². The van der Waals surface area contributed by atoms with Gasteiger partial charge < -0.3 is 15.3 Å². The standard InChI is InChI=1S/C23H25N3O2/c24-14-20-22(19-13-7-6-12-18(19)16-8-2-1-3-9-16)21(15-27)26(20)23(28)25-17-10-4-5-11-17/h1-3,6-9,12-13,17,20-22,27H,4-5,10-11,15H2,(H,25,28)/t20-,21-,22-/m1/s1. The molecule has 1 heterocycles. The van der Waals surface area contributed by atoms with E-state index in [1.54, 1.807) is 0 Å². The Hall–Kier alpha value is -2.84. The maximum atomic E-state index is 12.8. The van der Waals surface area contributed by atoms with Crippen molar-refractivity contribution in [3.05, 3.63) is 60.2 Å². The van der Waals surface area contributed by atoms with Crippen molar-refractivity contribution >= 4 is 6.03 Å². The summed E-state index contributed by atoms with van der Waals surface area (Å²) in [6.07, 6.45) is 4.23. The van der Waals surface area contributed by atoms with Crippen LogP contribution in [0.4, 0.5) is 4.79 Å². The molecule has 5 nitrogen and oxygen atoms in total. The van der Waals surface area contributed by atoms with Crippen LogP contribution in [0.1, 0.15) is 37.2 Å². The molecule has 2 N–H and O–H groups in total. The Kier molecular flexibility index (Phi) is 5.31. The average molecular weight is 375 g/mol. The van der Waals surface area contributed by atoms with E-state index in [1.807, 2.05) is 54.6 Å². The lowest BCUT2D eigenvalue weighted by molar-refractivity contribution is 0.0160. The number of aliphatic hydroxyl groups excluding tert-OH is 1. The second-order valence-corrected chi connectivity index (χ2v) is 7.64. The molecule has 1 aliphatic heterocycles. The van der Waals surface area contributed by atoms with Gasteiger partial charge in [0.05, 0.1) is 18.7 Å². The van der Waals surface area contributed by atoms with Crippen molar-refractivity contribution in [1.82, 2.24) is 10.2 Å². The number of nitrogens with one attached hydrogen (secondary N) is 1. The Morgan fingerprint density at radius 3 is 2.46 bits per heavy atom. The summed E-state index contributed by atoms with van der Waals surface area (Å²) < 4.78 is 0. The van der Waals surface area contributed by atoms with E-state index in [9.17, 15) is 15.2 Å². The lowest BCUT2D eigenvalue weighted by Crippen LogP contribution is -2.67. The molecule has 0 aromatic heterocycles. The predicted octanol–water partition coefficient (Wildman–Crippen LogP) is 3.66. The van der Waals surface area contributed by atoms with E-state index < -0.39 is 12.1 Å². The van der Waals surface area contributed by atoms with Crippen LogP contribution in [-0.2, 0) is 0 Å². The summed E-state index contributed by atoms with van der Waals surface area (Å²) in [5, 5.41) is 22.9. The zero-order chi connectivity index (χ0) is 19.5. The number of amides is 2. The van der Waals surface area contributed by atoms with Gasteiger partial charge in [0, 0.05) is 12.0 Å². The highest BCUT2D eigenvalue weighted by Gasteiger charge is 2.52. The number of hydrogen-bond acceptors (Lipinski definition) is 3. The van der Waals surface area contributed by atoms with Gasteiger partial charge in [-0.05, 0) is 29.5 Å². The maximum Gasteiger partial charge on any atom is 0.319 e. The number of nitrogens with zero attached hydrogens (tertiary/aromatic N) is 2. The van der Waals surface area contributed by atoms with Crippen molar-refractivity contribution in [3.8, 4) is 17.2 Å². The first-order valence-corrected chi connectivity index (χ1v) is 9.98. The monoisotopic (exact) mass is 375 g/mol. The molecule has 5 heteroatoms. The normalized spacial score (nSPS) is 24.4. The quantitative estimate of drug-likeness (QED) is 0.856. The topological polar surface area (TPSA) is 76.4 Å². The summed E-state index contributed by atoms with van der Waals surface area (Å²) in [4.78, 5) is 14.3. The summed E-state index contributed by atoms with van der Waals surface area (Å²) in [6.45, 7) is -0.163. The number of rotatable bonds is 4. The average Bonchev–Trinajstić information content (AvgIpc) is 3.22. The number of urea groups is 1. The molecule has 0 bridgehead atoms. The van der Waals surface area contributed by atoms with E-state index in [0.29, 0.717) is 0 Å². The molecule has 4 rings (SSSR count). The van der Waals surface area contributed by atoms with Crippen molar-refractivity contribution in [2.75, 3.05) is 6.61 Å². The maximum absolute atomic E-state index is 12.8. The molecule has 1 saturated heterocycles. The van der Waals surface area contributed by atoms with Gasteiger partial charge in [-0.15, -0.1) is 0 Å². The van der Waals surface area contributed by atoms with Crippen LogP contribution in [0.2, 0.25) is 0 Å². The van der Waals surface area contributed by atoms with Gasteiger partial charge in [0.15, 0.2) is 0 Å². The van der Waals surface area contributed by atoms with Crippen LogP contribution in [0.25, 0.3) is 11.1 Å². The third-order valence-corrected chi connectivity index (χ3v) is 6.05. The van der Waals surface area contributed by atoms with Gasteiger partial charge in [-0.2, -0.15) is 5.26 Å². The van der Waals surface area contributed by atoms with E-state index in [-0.39, 0.29) is 24.6 Å². The van der Waals surface area contributed by atoms with Crippen molar-refractivity contribution < 1.29 is 9.90 Å². The number of likely N-dealkylation sites (tertiary alicyclic amines) is 1. The summed E-state index contributed by atoms with van der Waals surface area (Å²) in [5.41, 5.74) is 3.12. The third-order valence-electron chi connectivity index (χ3n) is 6.05. The van der Waals surface area contributed by atoms with Crippen LogP contribution in [0, 0.1) is 11.3 Å². The molecule has 0 radical (unpaired) electrons. The lowest BCUT2D eigenvalue weighted by Gasteiger charge is -2.52. The van der Waals surface area contributed by atoms with Crippen LogP contribution < -0.4 is 5.32 Å². The molecule has 3 atom stereocenters. The first-order chi connectivity index (χ1) is 13.7. The lowest BCUT2D eigenvalue weighted by atomic mass is 9.73. The molecular weight excluding hydrogens is 350 g/mol. The summed E-state index contributed by atoms with van der Waals surface area (Å²) >= 11 is 0. The third kappa shape index (κ3) is 3.25. The Labute approximate surface area is 165 Å². The summed E-state index contributed by atoms with van der Waals surface area (Å²) in [7, 11) is 0. The first-order valence-electron chi connectivity index (χ1n) is 9.98. The van der Waals surface area contributed by atoms with Crippen molar-refractivity contribution in [2.45, 2.75) is 49.7 Å². The minimum atomic E-state index is -0.580. The predicted molar refractivity (Wildman–Crippen MR) is 108 cm³/mol. The zero-order valence-electron chi connectivity index (χ0n) is 15.8. The minimum Gasteiger partial charge on any atom is -0.394 e. The molecule has 1 aliphatic carbocycles. The van der Waals surface area contributed by atoms with Gasteiger partial charge in [0.1, 0.15) is 6.04 Å². The van der Waals surface area contributed by atoms with E-state index in [1.165, 1.54) is 4.90 Å². The zero-order valence-corrected chi connectivity index (χ0v) is 15.8. The second-order valence-electron chi connectivity index (χ2n) is 7.64. The molecule has 2 fully saturated rings. The van der Waals surface area contributed by atoms with Gasteiger partial charge in [-0.25, -0.2) is 4.79 Å². The number of benzene rings is 2. The van der Waals surface area contributed by atoms with Crippen molar-refractivity contribution in [2.24, 2.45) is 0 Å². The fraction of sp³-hybridized carbons (Fsp3) is 0.391. The molecular formula is C23H25N3O2. The molecule has 0 unspecified atom stereocenters. The highest BCUT2D eigenvalue weighted by molar-refractivity contribution is 5.79. The number of carbonyl (C=O) groups is 1. The van der Waals surface area contributed by atoms with Gasteiger partial charge in [0.2, 0.25) is 0 Å². The summed E-state index contributed by atoms with van der Waals surface area (Å²) in [6, 6.07) is 19.3. The Morgan fingerprint density at radius 1 is 1.11 bits per heavy atom. The number of aliphatic hydroxyl groups is 1. The number of carbonyl (C=O) groups excluding carboxylic acids is 1. The number of hydrogen-bond donors (Lipinski definition) is 2. The molecule has 2 amide bonds. The summed E-state index contributed by atoms with van der Waals surface area (Å²) in [5.74, 6) is -0.208. The van der Waals surface area contributed by atoms with E-state index >= 15 is 0 Å². The van der Waals surface area contributed by atoms with E-state index in [2.05, 4.69) is 11.4 Å². The van der Waals surface area contributed by atoms with Gasteiger partial charge in [-0.1, -0.05) is 67.4 Å². The van der Waals surface area contributed by atoms with Gasteiger partial charge in [0.25, 0.3) is 0 Å². The SMILES string of the molecule is N#C[C@@H]1[C@@H](c2ccccc2-c2ccccc2)[C@@H](CO)N1C(=O)NC1CCCC1. The van der Waals surface area contributed by atoms with E-state index in [4.69, 9.17) is 0 Å². The number of nitriles is 1. The molecule has 28 heavy (non-hydrogen) atoms. The van der Waals surface area contributed by atoms with Crippen molar-refractivity contribution in [3.63, 3.8) is 0 Å². The Bertz CT molecular complexity index is 871. The second kappa shape index (κ2) is 8.04. The Morgan fingerprint density at radius 2 is 1.79 bits per heavy atom. The highest BCUT2D eigenvalue weighted by Crippen LogP contribution is 2.44. The molecule has 2 aromatic carbocycles. The first kappa shape index (κ1) is 18.5. The highest BCUT2D eigenvalue weighted by atomic mass is 16.3. The molecule has 2 aromatic rings. The minimum absolute atomic E-state index is 0.163. The van der Waals surface area contributed by atoms with Crippen LogP contribution >= 0.6 is 0 Å².